The van der Waals surface area contributed by atoms with Crippen LogP contribution < -0.4 is 5.32 Å². The van der Waals surface area contributed by atoms with Crippen molar-refractivity contribution in [1.29, 1.82) is 0 Å². The number of rotatable bonds is 3. The van der Waals surface area contributed by atoms with E-state index in [0.29, 0.717) is 44.0 Å². The van der Waals surface area contributed by atoms with Gasteiger partial charge in [0.25, 0.3) is 0 Å². The minimum Gasteiger partial charge on any atom is -0.337 e. The molecule has 1 saturated heterocycles. The van der Waals surface area contributed by atoms with Crippen molar-refractivity contribution in [3.8, 4) is 0 Å². The van der Waals surface area contributed by atoms with Crippen molar-refractivity contribution in [3.63, 3.8) is 0 Å². The van der Waals surface area contributed by atoms with Crippen LogP contribution in [0.5, 0.6) is 0 Å². The van der Waals surface area contributed by atoms with Crippen molar-refractivity contribution < 1.29 is 13.2 Å². The molecule has 2 heterocycles. The predicted molar refractivity (Wildman–Crippen MR) is 95.9 cm³/mol. The van der Waals surface area contributed by atoms with Gasteiger partial charge in [0.05, 0.1) is 11.4 Å². The molecule has 1 aliphatic heterocycles. The lowest BCUT2D eigenvalue weighted by Gasteiger charge is -2.25. The summed E-state index contributed by atoms with van der Waals surface area (Å²) in [5.41, 5.74) is 1.02. The van der Waals surface area contributed by atoms with E-state index in [4.69, 9.17) is 0 Å². The molecule has 2 amide bonds. The largest absolute Gasteiger partial charge is 0.337 e. The maximum Gasteiger partial charge on any atom is 0.317 e. The van der Waals surface area contributed by atoms with Crippen LogP contribution in [0.4, 0.5) is 4.79 Å². The summed E-state index contributed by atoms with van der Waals surface area (Å²) in [7, 11) is -3.61. The molecule has 1 fully saturated rings. The van der Waals surface area contributed by atoms with E-state index in [0.717, 1.165) is 0 Å². The second-order valence-corrected chi connectivity index (χ2v) is 9.60. The highest BCUT2D eigenvalue weighted by molar-refractivity contribution is 7.89. The van der Waals surface area contributed by atoms with Crippen molar-refractivity contribution in [2.24, 2.45) is 5.41 Å². The normalized spacial score (nSPS) is 17.4. The Morgan fingerprint density at radius 3 is 2.44 bits per heavy atom. The lowest BCUT2D eigenvalue weighted by Crippen LogP contribution is -2.44. The summed E-state index contributed by atoms with van der Waals surface area (Å²) < 4.78 is 27.3. The molecular weight excluding hydrogens is 342 g/mol. The van der Waals surface area contributed by atoms with Gasteiger partial charge in [-0.3, -0.25) is 5.10 Å². The van der Waals surface area contributed by atoms with Gasteiger partial charge in [0.1, 0.15) is 4.90 Å². The Labute approximate surface area is 150 Å². The number of carbonyl (C=O) groups is 1. The van der Waals surface area contributed by atoms with Crippen molar-refractivity contribution in [3.05, 3.63) is 11.4 Å². The number of aromatic amines is 1. The summed E-state index contributed by atoms with van der Waals surface area (Å²) in [6.45, 7) is 11.7. The van der Waals surface area contributed by atoms with Crippen LogP contribution >= 0.6 is 0 Å². The van der Waals surface area contributed by atoms with Gasteiger partial charge in [0.2, 0.25) is 10.0 Å². The third-order valence-electron chi connectivity index (χ3n) is 4.17. The highest BCUT2D eigenvalue weighted by atomic mass is 32.2. The van der Waals surface area contributed by atoms with Gasteiger partial charge in [-0.25, -0.2) is 13.2 Å². The van der Waals surface area contributed by atoms with E-state index in [1.165, 1.54) is 4.31 Å². The number of hydrogen-bond acceptors (Lipinski definition) is 4. The molecule has 9 heteroatoms. The zero-order valence-electron chi connectivity index (χ0n) is 15.7. The number of sulfonamides is 1. The molecule has 142 valence electrons. The molecular formula is C16H29N5O3S. The Morgan fingerprint density at radius 1 is 1.20 bits per heavy atom. The predicted octanol–water partition coefficient (Wildman–Crippen LogP) is 1.48. The SMILES string of the molecule is Cc1n[nH]c(C)c1S(=O)(=O)N1CCCN(C(=O)NCC(C)(C)C)CC1. The lowest BCUT2D eigenvalue weighted by molar-refractivity contribution is 0.195. The van der Waals surface area contributed by atoms with Crippen LogP contribution in [0.2, 0.25) is 0 Å². The Morgan fingerprint density at radius 2 is 1.88 bits per heavy atom. The molecule has 0 saturated carbocycles. The molecule has 2 rings (SSSR count). The molecule has 0 bridgehead atoms. The van der Waals surface area contributed by atoms with E-state index >= 15 is 0 Å². The number of nitrogens with one attached hydrogen (secondary N) is 2. The Balaban J connectivity index is 2.05. The van der Waals surface area contributed by atoms with E-state index in [1.54, 1.807) is 18.7 Å². The maximum atomic E-state index is 12.9. The smallest absolute Gasteiger partial charge is 0.317 e. The third-order valence-corrected chi connectivity index (χ3v) is 6.33. The van der Waals surface area contributed by atoms with Crippen LogP contribution in [-0.2, 0) is 10.0 Å². The van der Waals surface area contributed by atoms with Gasteiger partial charge >= 0.3 is 6.03 Å². The average Bonchev–Trinajstić information content (AvgIpc) is 2.73. The Hall–Kier alpha value is -1.61. The molecule has 8 nitrogen and oxygen atoms in total. The Kier molecular flexibility index (Phi) is 5.78. The number of amides is 2. The minimum absolute atomic E-state index is 0.00716. The van der Waals surface area contributed by atoms with E-state index in [2.05, 4.69) is 36.3 Å². The number of hydrogen-bond donors (Lipinski definition) is 2. The van der Waals surface area contributed by atoms with E-state index < -0.39 is 10.0 Å². The highest BCUT2D eigenvalue weighted by Crippen LogP contribution is 2.22. The van der Waals surface area contributed by atoms with Crippen LogP contribution in [0.1, 0.15) is 38.6 Å². The molecule has 0 atom stereocenters. The second kappa shape index (κ2) is 7.33. The van der Waals surface area contributed by atoms with Gasteiger partial charge in [0, 0.05) is 32.7 Å². The topological polar surface area (TPSA) is 98.4 Å². The second-order valence-electron chi connectivity index (χ2n) is 7.73. The first-order chi connectivity index (χ1) is 11.5. The molecule has 1 aromatic rings. The van der Waals surface area contributed by atoms with Crippen LogP contribution in [0.15, 0.2) is 4.90 Å². The van der Waals surface area contributed by atoms with Gasteiger partial charge in [-0.15, -0.1) is 0 Å². The summed E-state index contributed by atoms with van der Waals surface area (Å²) in [5.74, 6) is 0. The fourth-order valence-corrected chi connectivity index (χ4v) is 4.64. The first kappa shape index (κ1) is 19.7. The number of aryl methyl sites for hydroxylation is 2. The zero-order valence-corrected chi connectivity index (χ0v) is 16.5. The first-order valence-electron chi connectivity index (χ1n) is 8.57. The maximum absolute atomic E-state index is 12.9. The summed E-state index contributed by atoms with van der Waals surface area (Å²) in [4.78, 5) is 14.3. The Bertz CT molecular complexity index is 701. The molecule has 0 spiro atoms. The number of carbonyl (C=O) groups excluding carboxylic acids is 1. The van der Waals surface area contributed by atoms with Gasteiger partial charge in [0.15, 0.2) is 0 Å². The third kappa shape index (κ3) is 4.72. The fraction of sp³-hybridized carbons (Fsp3) is 0.750. The van der Waals surface area contributed by atoms with Gasteiger partial charge in [-0.1, -0.05) is 20.8 Å². The summed E-state index contributed by atoms with van der Waals surface area (Å²) in [5, 5.41) is 9.63. The number of urea groups is 1. The monoisotopic (exact) mass is 371 g/mol. The first-order valence-corrected chi connectivity index (χ1v) is 10.0. The highest BCUT2D eigenvalue weighted by Gasteiger charge is 2.31. The molecule has 1 aliphatic rings. The molecule has 1 aromatic heterocycles. The van der Waals surface area contributed by atoms with Gasteiger partial charge in [-0.2, -0.15) is 9.40 Å². The lowest BCUT2D eigenvalue weighted by atomic mass is 9.97. The van der Waals surface area contributed by atoms with Crippen molar-refractivity contribution in [2.75, 3.05) is 32.7 Å². The van der Waals surface area contributed by atoms with Crippen molar-refractivity contribution in [1.82, 2.24) is 24.7 Å². The standard InChI is InChI=1S/C16H29N5O3S/c1-12-14(13(2)19-18-12)25(23,24)21-8-6-7-20(9-10-21)15(22)17-11-16(3,4)5/h6-11H2,1-5H3,(H,17,22)(H,18,19). The zero-order chi connectivity index (χ0) is 18.8. The summed E-state index contributed by atoms with van der Waals surface area (Å²) in [6.07, 6.45) is 0.609. The van der Waals surface area contributed by atoms with Gasteiger partial charge < -0.3 is 10.2 Å². The van der Waals surface area contributed by atoms with Crippen LogP contribution in [0.3, 0.4) is 0 Å². The van der Waals surface area contributed by atoms with Gasteiger partial charge in [-0.05, 0) is 25.7 Å². The van der Waals surface area contributed by atoms with Crippen molar-refractivity contribution >= 4 is 16.1 Å². The molecule has 0 radical (unpaired) electrons. The van der Waals surface area contributed by atoms with E-state index in [9.17, 15) is 13.2 Å². The van der Waals surface area contributed by atoms with Crippen LogP contribution in [-0.4, -0.2) is 66.6 Å². The summed E-state index contributed by atoms with van der Waals surface area (Å²) in [6, 6.07) is -0.134. The molecule has 0 aromatic carbocycles. The number of aromatic nitrogens is 2. The van der Waals surface area contributed by atoms with Crippen LogP contribution in [0, 0.1) is 19.3 Å². The van der Waals surface area contributed by atoms with Crippen LogP contribution in [0.25, 0.3) is 0 Å². The van der Waals surface area contributed by atoms with Crippen molar-refractivity contribution in [2.45, 2.75) is 45.9 Å². The molecule has 2 N–H and O–H groups in total. The number of nitrogens with zero attached hydrogens (tertiary/aromatic N) is 3. The number of H-pyrrole nitrogens is 1. The molecule has 0 unspecified atom stereocenters. The van der Waals surface area contributed by atoms with E-state index in [-0.39, 0.29) is 22.9 Å². The summed E-state index contributed by atoms with van der Waals surface area (Å²) >= 11 is 0. The minimum atomic E-state index is -3.61. The molecule has 0 aliphatic carbocycles. The average molecular weight is 372 g/mol. The quantitative estimate of drug-likeness (QED) is 0.841. The fourth-order valence-electron chi connectivity index (χ4n) is 2.84. The molecule has 25 heavy (non-hydrogen) atoms. The van der Waals surface area contributed by atoms with E-state index in [1.807, 2.05) is 0 Å².